The zero-order valence-corrected chi connectivity index (χ0v) is 16.3. The van der Waals surface area contributed by atoms with Gasteiger partial charge in [0.15, 0.2) is 0 Å². The summed E-state index contributed by atoms with van der Waals surface area (Å²) in [7, 11) is -3.49. The van der Waals surface area contributed by atoms with Crippen LogP contribution in [0.4, 0.5) is 0 Å². The number of benzene rings is 1. The second-order valence-corrected chi connectivity index (χ2v) is 9.41. The van der Waals surface area contributed by atoms with Crippen molar-refractivity contribution in [1.29, 1.82) is 0 Å². The highest BCUT2D eigenvalue weighted by molar-refractivity contribution is 9.10. The van der Waals surface area contributed by atoms with Gasteiger partial charge in [-0.2, -0.15) is 4.31 Å². The van der Waals surface area contributed by atoms with Crippen LogP contribution in [0.25, 0.3) is 0 Å². The van der Waals surface area contributed by atoms with E-state index in [4.69, 9.17) is 0 Å². The molecule has 1 aliphatic carbocycles. The van der Waals surface area contributed by atoms with E-state index >= 15 is 0 Å². The van der Waals surface area contributed by atoms with Crippen molar-refractivity contribution in [3.63, 3.8) is 0 Å². The molecule has 0 radical (unpaired) electrons. The molecule has 3 rings (SSSR count). The zero-order chi connectivity index (χ0) is 17.3. The Labute approximate surface area is 152 Å². The number of hydrogen-bond acceptors (Lipinski definition) is 3. The smallest absolute Gasteiger partial charge is 0.243 e. The fourth-order valence-corrected chi connectivity index (χ4v) is 5.26. The maximum absolute atomic E-state index is 12.8. The van der Waals surface area contributed by atoms with Gasteiger partial charge in [0.25, 0.3) is 0 Å². The molecule has 1 heterocycles. The van der Waals surface area contributed by atoms with Crippen LogP contribution >= 0.6 is 15.9 Å². The molecular weight excluding hydrogens is 392 g/mol. The predicted molar refractivity (Wildman–Crippen MR) is 96.2 cm³/mol. The summed E-state index contributed by atoms with van der Waals surface area (Å²) in [5, 5.41) is 0. The number of aryl methyl sites for hydroxylation is 1. The van der Waals surface area contributed by atoms with Crippen LogP contribution in [0.3, 0.4) is 0 Å². The fourth-order valence-electron chi connectivity index (χ4n) is 3.51. The van der Waals surface area contributed by atoms with E-state index in [1.807, 2.05) is 11.8 Å². The van der Waals surface area contributed by atoms with Crippen LogP contribution in [0.15, 0.2) is 27.6 Å². The molecule has 1 aliphatic heterocycles. The fraction of sp³-hybridized carbons (Fsp3) is 0.588. The van der Waals surface area contributed by atoms with Crippen LogP contribution in [0, 0.1) is 12.8 Å². The molecule has 1 saturated carbocycles. The lowest BCUT2D eigenvalue weighted by atomic mass is 10.1. The number of piperazine rings is 1. The molecule has 1 saturated heterocycles. The maximum atomic E-state index is 12.8. The molecule has 0 N–H and O–H groups in total. The number of nitrogens with zero attached hydrogens (tertiary/aromatic N) is 2. The highest BCUT2D eigenvalue weighted by atomic mass is 79.9. The van der Waals surface area contributed by atoms with Gasteiger partial charge in [0, 0.05) is 36.6 Å². The molecule has 2 fully saturated rings. The first-order chi connectivity index (χ1) is 11.4. The largest absolute Gasteiger partial charge is 0.340 e. The van der Waals surface area contributed by atoms with E-state index in [0.29, 0.717) is 31.1 Å². The van der Waals surface area contributed by atoms with E-state index in [1.54, 1.807) is 18.2 Å². The SMILES string of the molecule is Cc1cc(S(=O)(=O)N2CCN(C(=O)C3CCCC3)CC2)ccc1Br. The summed E-state index contributed by atoms with van der Waals surface area (Å²) in [6, 6.07) is 5.08. The number of hydrogen-bond donors (Lipinski definition) is 0. The lowest BCUT2D eigenvalue weighted by Gasteiger charge is -2.35. The van der Waals surface area contributed by atoms with Gasteiger partial charge in [-0.3, -0.25) is 4.79 Å². The van der Waals surface area contributed by atoms with Crippen molar-refractivity contribution in [3.8, 4) is 0 Å². The number of sulfonamides is 1. The van der Waals surface area contributed by atoms with Crippen LogP contribution in [0.5, 0.6) is 0 Å². The van der Waals surface area contributed by atoms with Crippen molar-refractivity contribution in [2.75, 3.05) is 26.2 Å². The Bertz CT molecular complexity index is 721. The minimum atomic E-state index is -3.49. The Hall–Kier alpha value is -0.920. The van der Waals surface area contributed by atoms with Gasteiger partial charge in [0.1, 0.15) is 0 Å². The second kappa shape index (κ2) is 7.14. The summed E-state index contributed by atoms with van der Waals surface area (Å²) in [5.74, 6) is 0.367. The zero-order valence-electron chi connectivity index (χ0n) is 13.9. The molecule has 132 valence electrons. The van der Waals surface area contributed by atoms with Crippen LogP contribution in [-0.2, 0) is 14.8 Å². The Kier molecular flexibility index (Phi) is 5.32. The van der Waals surface area contributed by atoms with E-state index in [1.165, 1.54) is 4.31 Å². The molecule has 2 aliphatic rings. The topological polar surface area (TPSA) is 57.7 Å². The van der Waals surface area contributed by atoms with Gasteiger partial charge in [-0.25, -0.2) is 8.42 Å². The standard InChI is InChI=1S/C17H23BrN2O3S/c1-13-12-15(6-7-16(13)18)24(22,23)20-10-8-19(9-11-20)17(21)14-4-2-3-5-14/h6-7,12,14H,2-5,8-11H2,1H3. The van der Waals surface area contributed by atoms with Crippen LogP contribution in [0.1, 0.15) is 31.2 Å². The number of carbonyl (C=O) groups excluding carboxylic acids is 1. The quantitative estimate of drug-likeness (QED) is 0.763. The molecule has 0 aromatic heterocycles. The van der Waals surface area contributed by atoms with E-state index in [2.05, 4.69) is 15.9 Å². The third kappa shape index (κ3) is 3.53. The average molecular weight is 415 g/mol. The number of rotatable bonds is 3. The monoisotopic (exact) mass is 414 g/mol. The highest BCUT2D eigenvalue weighted by Gasteiger charge is 2.33. The molecule has 0 atom stereocenters. The van der Waals surface area contributed by atoms with E-state index in [-0.39, 0.29) is 11.8 Å². The average Bonchev–Trinajstić information content (AvgIpc) is 3.11. The molecular formula is C17H23BrN2O3S. The summed E-state index contributed by atoms with van der Waals surface area (Å²) in [4.78, 5) is 14.6. The first-order valence-electron chi connectivity index (χ1n) is 8.44. The summed E-state index contributed by atoms with van der Waals surface area (Å²) in [6.07, 6.45) is 4.23. The third-order valence-electron chi connectivity index (χ3n) is 5.02. The lowest BCUT2D eigenvalue weighted by molar-refractivity contribution is -0.136. The molecule has 5 nitrogen and oxygen atoms in total. The van der Waals surface area contributed by atoms with Gasteiger partial charge >= 0.3 is 0 Å². The first-order valence-corrected chi connectivity index (χ1v) is 10.7. The molecule has 1 aromatic rings. The van der Waals surface area contributed by atoms with Gasteiger partial charge in [0.05, 0.1) is 4.90 Å². The van der Waals surface area contributed by atoms with E-state index < -0.39 is 10.0 Å². The number of halogens is 1. The summed E-state index contributed by atoms with van der Waals surface area (Å²) < 4.78 is 28.0. The normalized spacial score (nSPS) is 20.5. The minimum Gasteiger partial charge on any atom is -0.340 e. The number of carbonyl (C=O) groups is 1. The predicted octanol–water partition coefficient (Wildman–Crippen LogP) is 2.78. The van der Waals surface area contributed by atoms with Crippen molar-refractivity contribution in [2.24, 2.45) is 5.92 Å². The van der Waals surface area contributed by atoms with Gasteiger partial charge in [-0.15, -0.1) is 0 Å². The molecule has 1 amide bonds. The van der Waals surface area contributed by atoms with E-state index in [9.17, 15) is 13.2 Å². The van der Waals surface area contributed by atoms with Gasteiger partial charge < -0.3 is 4.90 Å². The van der Waals surface area contributed by atoms with Crippen molar-refractivity contribution in [1.82, 2.24) is 9.21 Å². The molecule has 24 heavy (non-hydrogen) atoms. The Morgan fingerprint density at radius 1 is 1.12 bits per heavy atom. The number of amides is 1. The van der Waals surface area contributed by atoms with Gasteiger partial charge in [-0.05, 0) is 43.5 Å². The highest BCUT2D eigenvalue weighted by Crippen LogP contribution is 2.28. The summed E-state index contributed by atoms with van der Waals surface area (Å²) in [6.45, 7) is 3.60. The lowest BCUT2D eigenvalue weighted by Crippen LogP contribution is -2.51. The third-order valence-corrected chi connectivity index (χ3v) is 7.81. The van der Waals surface area contributed by atoms with Crippen molar-refractivity contribution in [3.05, 3.63) is 28.2 Å². The molecule has 1 aromatic carbocycles. The minimum absolute atomic E-state index is 0.155. The van der Waals surface area contributed by atoms with Crippen molar-refractivity contribution < 1.29 is 13.2 Å². The second-order valence-electron chi connectivity index (χ2n) is 6.62. The van der Waals surface area contributed by atoms with Gasteiger partial charge in [0.2, 0.25) is 15.9 Å². The Balaban J connectivity index is 1.67. The molecule has 7 heteroatoms. The Morgan fingerprint density at radius 3 is 2.33 bits per heavy atom. The van der Waals surface area contributed by atoms with Gasteiger partial charge in [-0.1, -0.05) is 28.8 Å². The first kappa shape index (κ1) is 17.9. The van der Waals surface area contributed by atoms with Crippen LogP contribution in [0.2, 0.25) is 0 Å². The van der Waals surface area contributed by atoms with Crippen molar-refractivity contribution in [2.45, 2.75) is 37.5 Å². The van der Waals surface area contributed by atoms with E-state index in [0.717, 1.165) is 35.7 Å². The molecule has 0 unspecified atom stereocenters. The molecule has 0 bridgehead atoms. The summed E-state index contributed by atoms with van der Waals surface area (Å²) >= 11 is 3.40. The molecule has 0 spiro atoms. The Morgan fingerprint density at radius 2 is 1.75 bits per heavy atom. The van der Waals surface area contributed by atoms with Crippen molar-refractivity contribution >= 4 is 31.9 Å². The van der Waals surface area contributed by atoms with Crippen LogP contribution in [-0.4, -0.2) is 49.7 Å². The van der Waals surface area contributed by atoms with Crippen LogP contribution < -0.4 is 0 Å². The summed E-state index contributed by atoms with van der Waals surface area (Å²) in [5.41, 5.74) is 0.895. The maximum Gasteiger partial charge on any atom is 0.243 e.